The maximum atomic E-state index is 12.5. The van der Waals surface area contributed by atoms with E-state index in [0.29, 0.717) is 37.4 Å². The van der Waals surface area contributed by atoms with Crippen LogP contribution in [0.5, 0.6) is 0 Å². The van der Waals surface area contributed by atoms with E-state index in [4.69, 9.17) is 0 Å². The van der Waals surface area contributed by atoms with Gasteiger partial charge in [-0.3, -0.25) is 19.5 Å². The summed E-state index contributed by atoms with van der Waals surface area (Å²) < 4.78 is 27.1. The third-order valence-corrected chi connectivity index (χ3v) is 6.32. The quantitative estimate of drug-likeness (QED) is 0.502. The second-order valence-corrected chi connectivity index (χ2v) is 9.13. The van der Waals surface area contributed by atoms with Crippen LogP contribution in [0.3, 0.4) is 0 Å². The van der Waals surface area contributed by atoms with Gasteiger partial charge < -0.3 is 5.32 Å². The average Bonchev–Trinajstić information content (AvgIpc) is 2.96. The molecule has 1 aliphatic rings. The number of hydrogen-bond acceptors (Lipinski definition) is 7. The first-order valence-electron chi connectivity index (χ1n) is 9.19. The zero-order chi connectivity index (χ0) is 22.1. The van der Waals surface area contributed by atoms with Gasteiger partial charge in [-0.1, -0.05) is 0 Å². The Balaban J connectivity index is 1.67. The molecule has 2 aromatic rings. The molecule has 0 atom stereocenters. The smallest absolute Gasteiger partial charge is 0.324 e. The summed E-state index contributed by atoms with van der Waals surface area (Å²) in [6.07, 6.45) is 2.24. The summed E-state index contributed by atoms with van der Waals surface area (Å²) in [5, 5.41) is 17.5. The van der Waals surface area contributed by atoms with Gasteiger partial charge in [-0.25, -0.2) is 22.2 Å². The maximum absolute atomic E-state index is 12.5. The fraction of sp³-hybridized carbons (Fsp3) is 0.471. The van der Waals surface area contributed by atoms with E-state index in [9.17, 15) is 28.1 Å². The molecule has 1 aliphatic heterocycles. The van der Waals surface area contributed by atoms with Gasteiger partial charge in [0.1, 0.15) is 12.4 Å². The monoisotopic (exact) mass is 438 g/mol. The minimum absolute atomic E-state index is 0.0836. The third kappa shape index (κ3) is 4.74. The average molecular weight is 438 g/mol. The van der Waals surface area contributed by atoms with Gasteiger partial charge >= 0.3 is 5.69 Å². The largest absolute Gasteiger partial charge is 0.346 e. The topological polar surface area (TPSA) is 149 Å². The number of nitrogens with one attached hydrogen (secondary N) is 1. The Morgan fingerprint density at radius 3 is 2.40 bits per heavy atom. The molecule has 0 bridgehead atoms. The van der Waals surface area contributed by atoms with E-state index in [1.165, 1.54) is 39.4 Å². The first-order chi connectivity index (χ1) is 14.1. The molecule has 0 spiro atoms. The number of amides is 1. The molecular formula is C17H22N6O6S. The lowest BCUT2D eigenvalue weighted by Crippen LogP contribution is -2.37. The van der Waals surface area contributed by atoms with E-state index in [2.05, 4.69) is 10.4 Å². The number of hydrogen-bond donors (Lipinski definition) is 1. The van der Waals surface area contributed by atoms with Crippen molar-refractivity contribution < 1.29 is 18.1 Å². The van der Waals surface area contributed by atoms with Crippen LogP contribution >= 0.6 is 0 Å². The number of carbonyl (C=O) groups is 1. The lowest BCUT2D eigenvalue weighted by Gasteiger charge is -2.29. The molecule has 1 aromatic carbocycles. The van der Waals surface area contributed by atoms with Crippen molar-refractivity contribution in [3.05, 3.63) is 50.7 Å². The predicted molar refractivity (Wildman–Crippen MR) is 108 cm³/mol. The highest BCUT2D eigenvalue weighted by Crippen LogP contribution is 2.26. The van der Waals surface area contributed by atoms with E-state index >= 15 is 0 Å². The predicted octanol–water partition coefficient (Wildman–Crippen LogP) is 0.268. The number of nitro benzene ring substituents is 1. The molecule has 1 amide bonds. The van der Waals surface area contributed by atoms with Crippen LogP contribution < -0.4 is 11.0 Å². The SMILES string of the molecule is Cn1c(C2CCN(S(C)(=O)=O)CC2)nn(CC(=O)Nc2ccc([N+](=O)[O-])cc2)c1=O. The second-order valence-electron chi connectivity index (χ2n) is 7.15. The van der Waals surface area contributed by atoms with Gasteiger partial charge in [-0.15, -0.1) is 0 Å². The zero-order valence-corrected chi connectivity index (χ0v) is 17.3. The molecule has 0 saturated carbocycles. The summed E-state index contributed by atoms with van der Waals surface area (Å²) >= 11 is 0. The van der Waals surface area contributed by atoms with Gasteiger partial charge in [-0.05, 0) is 25.0 Å². The molecule has 12 nitrogen and oxygen atoms in total. The van der Waals surface area contributed by atoms with Crippen molar-refractivity contribution in [2.45, 2.75) is 25.3 Å². The Morgan fingerprint density at radius 1 is 1.27 bits per heavy atom. The number of nitro groups is 1. The van der Waals surface area contributed by atoms with Gasteiger partial charge in [0.15, 0.2) is 0 Å². The van der Waals surface area contributed by atoms with Crippen LogP contribution in [0.4, 0.5) is 11.4 Å². The molecule has 13 heteroatoms. The number of rotatable bonds is 6. The molecule has 0 radical (unpaired) electrons. The van der Waals surface area contributed by atoms with Crippen molar-refractivity contribution in [3.63, 3.8) is 0 Å². The maximum Gasteiger partial charge on any atom is 0.346 e. The Labute approximate surface area is 172 Å². The fourth-order valence-corrected chi connectivity index (χ4v) is 4.29. The van der Waals surface area contributed by atoms with E-state index in [1.54, 1.807) is 7.05 Å². The van der Waals surface area contributed by atoms with Crippen LogP contribution in [0.25, 0.3) is 0 Å². The highest BCUT2D eigenvalue weighted by atomic mass is 32.2. The van der Waals surface area contributed by atoms with Gasteiger partial charge in [0, 0.05) is 43.9 Å². The molecule has 2 heterocycles. The zero-order valence-electron chi connectivity index (χ0n) is 16.5. The second kappa shape index (κ2) is 8.36. The number of benzene rings is 1. The van der Waals surface area contributed by atoms with Crippen molar-refractivity contribution in [1.29, 1.82) is 0 Å². The molecule has 0 unspecified atom stereocenters. The Kier molecular flexibility index (Phi) is 6.03. The molecule has 1 saturated heterocycles. The molecule has 30 heavy (non-hydrogen) atoms. The van der Waals surface area contributed by atoms with Gasteiger partial charge in [0.2, 0.25) is 15.9 Å². The van der Waals surface area contributed by atoms with E-state index in [-0.39, 0.29) is 18.2 Å². The Hall–Kier alpha value is -3.06. The van der Waals surface area contributed by atoms with Crippen molar-refractivity contribution >= 4 is 27.3 Å². The van der Waals surface area contributed by atoms with Crippen LogP contribution in [0.1, 0.15) is 24.6 Å². The summed E-state index contributed by atoms with van der Waals surface area (Å²) in [4.78, 5) is 34.9. The number of sulfonamides is 1. The van der Waals surface area contributed by atoms with E-state index < -0.39 is 26.5 Å². The minimum Gasteiger partial charge on any atom is -0.324 e. The Morgan fingerprint density at radius 2 is 1.87 bits per heavy atom. The Bertz CT molecular complexity index is 1110. The third-order valence-electron chi connectivity index (χ3n) is 5.02. The summed E-state index contributed by atoms with van der Waals surface area (Å²) in [5.74, 6) is -0.0709. The highest BCUT2D eigenvalue weighted by Gasteiger charge is 2.29. The van der Waals surface area contributed by atoms with Crippen molar-refractivity contribution in [3.8, 4) is 0 Å². The van der Waals surface area contributed by atoms with Crippen LogP contribution in [-0.2, 0) is 28.4 Å². The fourth-order valence-electron chi connectivity index (χ4n) is 3.41. The van der Waals surface area contributed by atoms with Gasteiger partial charge in [-0.2, -0.15) is 5.10 Å². The molecule has 1 fully saturated rings. The van der Waals surface area contributed by atoms with Crippen molar-refractivity contribution in [2.24, 2.45) is 7.05 Å². The van der Waals surface area contributed by atoms with Crippen LogP contribution in [0.2, 0.25) is 0 Å². The lowest BCUT2D eigenvalue weighted by molar-refractivity contribution is -0.384. The molecule has 3 rings (SSSR count). The number of non-ortho nitro benzene ring substituents is 1. The lowest BCUT2D eigenvalue weighted by atomic mass is 9.97. The standard InChI is InChI=1S/C17H22N6O6S/c1-20-16(12-7-9-21(10-8-12)30(2,28)29)19-22(17(20)25)11-15(24)18-13-3-5-14(6-4-13)23(26)27/h3-6,12H,7-11H2,1-2H3,(H,18,24). The first-order valence-corrected chi connectivity index (χ1v) is 11.0. The van der Waals surface area contributed by atoms with Gasteiger partial charge in [0.25, 0.3) is 5.69 Å². The number of carbonyl (C=O) groups excluding carboxylic acids is 1. The number of anilines is 1. The first kappa shape index (κ1) is 21.6. The molecule has 162 valence electrons. The minimum atomic E-state index is -3.25. The number of aromatic nitrogens is 3. The van der Waals surface area contributed by atoms with E-state index in [0.717, 1.165) is 4.68 Å². The molecule has 1 aromatic heterocycles. The van der Waals surface area contributed by atoms with E-state index in [1.807, 2.05) is 0 Å². The summed E-state index contributed by atoms with van der Waals surface area (Å²) in [6, 6.07) is 5.34. The summed E-state index contributed by atoms with van der Waals surface area (Å²) in [5.41, 5.74) is -0.183. The number of nitrogens with zero attached hydrogens (tertiary/aromatic N) is 5. The summed E-state index contributed by atoms with van der Waals surface area (Å²) in [7, 11) is -1.68. The van der Waals surface area contributed by atoms with Crippen molar-refractivity contribution in [2.75, 3.05) is 24.7 Å². The molecule has 1 N–H and O–H groups in total. The van der Waals surface area contributed by atoms with Crippen LogP contribution in [0, 0.1) is 10.1 Å². The van der Waals surface area contributed by atoms with Crippen LogP contribution in [0.15, 0.2) is 29.1 Å². The van der Waals surface area contributed by atoms with Gasteiger partial charge in [0.05, 0.1) is 11.2 Å². The summed E-state index contributed by atoms with van der Waals surface area (Å²) in [6.45, 7) is 0.391. The molecule has 0 aliphatic carbocycles. The van der Waals surface area contributed by atoms with Crippen LogP contribution in [-0.4, -0.2) is 57.2 Å². The number of piperidine rings is 1. The normalized spacial score (nSPS) is 15.8. The highest BCUT2D eigenvalue weighted by molar-refractivity contribution is 7.88. The van der Waals surface area contributed by atoms with Crippen molar-refractivity contribution in [1.82, 2.24) is 18.7 Å². The molecular weight excluding hydrogens is 416 g/mol.